The number of carbonyl (C=O) groups is 1. The van der Waals surface area contributed by atoms with E-state index in [0.29, 0.717) is 10.9 Å². The summed E-state index contributed by atoms with van der Waals surface area (Å²) < 4.78 is 10.6. The molecule has 0 spiro atoms. The lowest BCUT2D eigenvalue weighted by Gasteiger charge is -2.07. The summed E-state index contributed by atoms with van der Waals surface area (Å²) in [7, 11) is 1.60. The quantitative estimate of drug-likeness (QED) is 0.698. The van der Waals surface area contributed by atoms with Gasteiger partial charge in [0.25, 0.3) is 5.91 Å². The normalized spacial score (nSPS) is 10.4. The molecular formula is C20H20N2O3S. The number of benzene rings is 2. The molecule has 0 atom stereocenters. The predicted molar refractivity (Wildman–Crippen MR) is 104 cm³/mol. The Bertz CT molecular complexity index is 904. The number of anilines is 1. The average Bonchev–Trinajstić information content (AvgIpc) is 3.10. The van der Waals surface area contributed by atoms with Gasteiger partial charge in [0.1, 0.15) is 11.5 Å². The van der Waals surface area contributed by atoms with E-state index in [1.54, 1.807) is 31.4 Å². The second kappa shape index (κ2) is 8.01. The summed E-state index contributed by atoms with van der Waals surface area (Å²) in [5, 5.41) is 5.28. The number of rotatable bonds is 6. The first-order chi connectivity index (χ1) is 12.5. The topological polar surface area (TPSA) is 60.5 Å². The van der Waals surface area contributed by atoms with Gasteiger partial charge in [0, 0.05) is 10.9 Å². The van der Waals surface area contributed by atoms with Crippen LogP contribution >= 0.6 is 11.3 Å². The van der Waals surface area contributed by atoms with Crippen molar-refractivity contribution in [2.75, 3.05) is 19.0 Å². The van der Waals surface area contributed by atoms with Gasteiger partial charge in [0.2, 0.25) is 0 Å². The Hall–Kier alpha value is -2.86. The van der Waals surface area contributed by atoms with Crippen molar-refractivity contribution in [3.8, 4) is 22.8 Å². The van der Waals surface area contributed by atoms with Crippen LogP contribution in [0.4, 0.5) is 5.13 Å². The molecule has 0 bridgehead atoms. The molecule has 3 aromatic rings. The smallest absolute Gasteiger partial charge is 0.264 e. The maximum atomic E-state index is 12.1. The zero-order chi connectivity index (χ0) is 18.5. The number of nitrogens with zero attached hydrogens (tertiary/aromatic N) is 1. The van der Waals surface area contributed by atoms with Crippen molar-refractivity contribution in [1.82, 2.24) is 4.98 Å². The Morgan fingerprint density at radius 3 is 2.58 bits per heavy atom. The summed E-state index contributed by atoms with van der Waals surface area (Å²) in [5.74, 6) is 1.10. The van der Waals surface area contributed by atoms with Gasteiger partial charge in [0.05, 0.1) is 12.8 Å². The van der Waals surface area contributed by atoms with Gasteiger partial charge in [-0.2, -0.15) is 0 Å². The van der Waals surface area contributed by atoms with Gasteiger partial charge < -0.3 is 9.47 Å². The van der Waals surface area contributed by atoms with Crippen LogP contribution in [0, 0.1) is 13.8 Å². The molecule has 1 heterocycles. The number of aromatic nitrogens is 1. The number of hydrogen-bond donors (Lipinski definition) is 1. The molecule has 1 N–H and O–H groups in total. The van der Waals surface area contributed by atoms with Crippen molar-refractivity contribution >= 4 is 22.4 Å². The molecule has 26 heavy (non-hydrogen) atoms. The van der Waals surface area contributed by atoms with Gasteiger partial charge in [-0.05, 0) is 49.7 Å². The van der Waals surface area contributed by atoms with Crippen molar-refractivity contribution < 1.29 is 14.3 Å². The Morgan fingerprint density at radius 1 is 1.12 bits per heavy atom. The lowest BCUT2D eigenvalue weighted by atomic mass is 10.0. The van der Waals surface area contributed by atoms with Crippen molar-refractivity contribution in [3.63, 3.8) is 0 Å². The summed E-state index contributed by atoms with van der Waals surface area (Å²) >= 11 is 1.40. The summed E-state index contributed by atoms with van der Waals surface area (Å²) in [4.78, 5) is 16.6. The highest BCUT2D eigenvalue weighted by molar-refractivity contribution is 7.14. The Balaban J connectivity index is 1.59. The molecule has 0 saturated heterocycles. The predicted octanol–water partition coefficient (Wildman–Crippen LogP) is 4.45. The highest BCUT2D eigenvalue weighted by Gasteiger charge is 2.10. The van der Waals surface area contributed by atoms with Crippen molar-refractivity contribution in [3.05, 3.63) is 59.0 Å². The highest BCUT2D eigenvalue weighted by Crippen LogP contribution is 2.28. The number of amides is 1. The number of hydrogen-bond acceptors (Lipinski definition) is 5. The third-order valence-corrected chi connectivity index (χ3v) is 4.61. The minimum atomic E-state index is -0.248. The fourth-order valence-electron chi connectivity index (χ4n) is 2.44. The SMILES string of the molecule is COc1ccc(OCC(=O)Nc2nc(-c3cc(C)ccc3C)cs2)cc1. The van der Waals surface area contributed by atoms with Crippen LogP contribution in [0.25, 0.3) is 11.3 Å². The average molecular weight is 368 g/mol. The largest absolute Gasteiger partial charge is 0.497 e. The van der Waals surface area contributed by atoms with Gasteiger partial charge in [-0.1, -0.05) is 17.7 Å². The maximum absolute atomic E-state index is 12.1. The monoisotopic (exact) mass is 368 g/mol. The number of thiazole rings is 1. The summed E-state index contributed by atoms with van der Waals surface area (Å²) in [6.07, 6.45) is 0. The first-order valence-corrected chi connectivity index (χ1v) is 9.03. The van der Waals surface area contributed by atoms with E-state index in [2.05, 4.69) is 42.3 Å². The summed E-state index contributed by atoms with van der Waals surface area (Å²) in [6, 6.07) is 13.3. The number of nitrogens with one attached hydrogen (secondary N) is 1. The van der Waals surface area contributed by atoms with Crippen LogP contribution in [0.1, 0.15) is 11.1 Å². The molecule has 5 nitrogen and oxygen atoms in total. The van der Waals surface area contributed by atoms with Crippen molar-refractivity contribution in [1.29, 1.82) is 0 Å². The Labute approximate surface area is 156 Å². The molecule has 0 unspecified atom stereocenters. The van der Waals surface area contributed by atoms with Crippen LogP contribution in [-0.2, 0) is 4.79 Å². The van der Waals surface area contributed by atoms with E-state index in [-0.39, 0.29) is 12.5 Å². The number of aryl methyl sites for hydroxylation is 2. The van der Waals surface area contributed by atoms with Crippen molar-refractivity contribution in [2.24, 2.45) is 0 Å². The van der Waals surface area contributed by atoms with E-state index >= 15 is 0 Å². The zero-order valence-corrected chi connectivity index (χ0v) is 15.7. The van der Waals surface area contributed by atoms with E-state index < -0.39 is 0 Å². The summed E-state index contributed by atoms with van der Waals surface area (Å²) in [5.41, 5.74) is 4.28. The van der Waals surface area contributed by atoms with E-state index in [1.165, 1.54) is 16.9 Å². The van der Waals surface area contributed by atoms with Crippen LogP contribution in [-0.4, -0.2) is 24.6 Å². The molecule has 1 aromatic heterocycles. The van der Waals surface area contributed by atoms with Gasteiger partial charge in [-0.15, -0.1) is 11.3 Å². The van der Waals surface area contributed by atoms with E-state index in [1.807, 2.05) is 5.38 Å². The van der Waals surface area contributed by atoms with E-state index in [4.69, 9.17) is 9.47 Å². The molecule has 0 fully saturated rings. The van der Waals surface area contributed by atoms with Gasteiger partial charge in [-0.25, -0.2) is 4.98 Å². The van der Waals surface area contributed by atoms with Crippen LogP contribution in [0.5, 0.6) is 11.5 Å². The fraction of sp³-hybridized carbons (Fsp3) is 0.200. The van der Waals surface area contributed by atoms with Crippen molar-refractivity contribution in [2.45, 2.75) is 13.8 Å². The first kappa shape index (κ1) is 17.9. The minimum absolute atomic E-state index is 0.0787. The molecule has 0 radical (unpaired) electrons. The molecular weight excluding hydrogens is 348 g/mol. The summed E-state index contributed by atoms with van der Waals surface area (Å²) in [6.45, 7) is 4.02. The van der Waals surface area contributed by atoms with Crippen LogP contribution in [0.2, 0.25) is 0 Å². The molecule has 0 aliphatic rings. The second-order valence-corrected chi connectivity index (χ2v) is 6.73. The van der Waals surface area contributed by atoms with Crippen LogP contribution in [0.3, 0.4) is 0 Å². The molecule has 1 amide bonds. The number of methoxy groups -OCH3 is 1. The lowest BCUT2D eigenvalue weighted by molar-refractivity contribution is -0.118. The van der Waals surface area contributed by atoms with Gasteiger partial charge in [0.15, 0.2) is 11.7 Å². The maximum Gasteiger partial charge on any atom is 0.264 e. The number of ether oxygens (including phenoxy) is 2. The molecule has 0 saturated carbocycles. The molecule has 6 heteroatoms. The third kappa shape index (κ3) is 4.40. The molecule has 0 aliphatic heterocycles. The zero-order valence-electron chi connectivity index (χ0n) is 14.9. The standard InChI is InChI=1S/C20H20N2O3S/c1-13-4-5-14(2)17(10-13)18-12-26-20(21-18)22-19(23)11-25-16-8-6-15(24-3)7-9-16/h4-10,12H,11H2,1-3H3,(H,21,22,23). The van der Waals surface area contributed by atoms with Gasteiger partial charge in [-0.3, -0.25) is 10.1 Å². The van der Waals surface area contributed by atoms with E-state index in [9.17, 15) is 4.79 Å². The first-order valence-electron chi connectivity index (χ1n) is 8.15. The van der Waals surface area contributed by atoms with Crippen LogP contribution in [0.15, 0.2) is 47.8 Å². The lowest BCUT2D eigenvalue weighted by Crippen LogP contribution is -2.20. The van der Waals surface area contributed by atoms with Crippen LogP contribution < -0.4 is 14.8 Å². The van der Waals surface area contributed by atoms with E-state index in [0.717, 1.165) is 22.6 Å². The minimum Gasteiger partial charge on any atom is -0.497 e. The third-order valence-electron chi connectivity index (χ3n) is 3.85. The fourth-order valence-corrected chi connectivity index (χ4v) is 3.17. The molecule has 134 valence electrons. The second-order valence-electron chi connectivity index (χ2n) is 5.87. The molecule has 0 aliphatic carbocycles. The molecule has 2 aromatic carbocycles. The highest BCUT2D eigenvalue weighted by atomic mass is 32.1. The Morgan fingerprint density at radius 2 is 1.85 bits per heavy atom. The number of carbonyl (C=O) groups excluding carboxylic acids is 1. The Kier molecular flexibility index (Phi) is 5.53. The van der Waals surface area contributed by atoms with Gasteiger partial charge >= 0.3 is 0 Å². The molecule has 3 rings (SSSR count).